The van der Waals surface area contributed by atoms with Gasteiger partial charge in [-0.1, -0.05) is 63.2 Å². The Bertz CT molecular complexity index is 560. The Labute approximate surface area is 133 Å². The van der Waals surface area contributed by atoms with Gasteiger partial charge in [0.15, 0.2) is 0 Å². The Kier molecular flexibility index (Phi) is 5.73. The van der Waals surface area contributed by atoms with Gasteiger partial charge in [-0.05, 0) is 42.6 Å². The molecule has 0 saturated carbocycles. The average molecular weight is 299 g/mol. The predicted molar refractivity (Wildman–Crippen MR) is 91.7 cm³/mol. The van der Waals surface area contributed by atoms with Gasteiger partial charge in [-0.25, -0.2) is 4.39 Å². The highest BCUT2D eigenvalue weighted by atomic mass is 19.1. The first-order valence-electron chi connectivity index (χ1n) is 8.07. The molecule has 1 unspecified atom stereocenters. The second-order valence-electron chi connectivity index (χ2n) is 6.43. The van der Waals surface area contributed by atoms with Crippen LogP contribution in [-0.4, -0.2) is 12.6 Å². The Morgan fingerprint density at radius 3 is 2.23 bits per heavy atom. The van der Waals surface area contributed by atoms with E-state index in [9.17, 15) is 4.39 Å². The Hall–Kier alpha value is -1.67. The third-order valence-electron chi connectivity index (χ3n) is 4.38. The molecule has 2 aromatic carbocycles. The lowest BCUT2D eigenvalue weighted by Crippen LogP contribution is -2.46. The molecule has 2 aromatic rings. The van der Waals surface area contributed by atoms with Gasteiger partial charge < -0.3 is 5.32 Å². The van der Waals surface area contributed by atoms with E-state index >= 15 is 0 Å². The quantitative estimate of drug-likeness (QED) is 0.780. The van der Waals surface area contributed by atoms with Crippen LogP contribution in [0.3, 0.4) is 0 Å². The van der Waals surface area contributed by atoms with Crippen molar-refractivity contribution >= 4 is 0 Å². The van der Waals surface area contributed by atoms with Crippen LogP contribution in [0.5, 0.6) is 0 Å². The summed E-state index contributed by atoms with van der Waals surface area (Å²) in [6.07, 6.45) is 2.07. The lowest BCUT2D eigenvalue weighted by atomic mass is 9.75. The second-order valence-corrected chi connectivity index (χ2v) is 6.43. The molecule has 0 radical (unpaired) electrons. The van der Waals surface area contributed by atoms with E-state index < -0.39 is 0 Å². The van der Waals surface area contributed by atoms with E-state index in [4.69, 9.17) is 0 Å². The van der Waals surface area contributed by atoms with Crippen LogP contribution in [0.1, 0.15) is 38.3 Å². The third kappa shape index (κ3) is 4.17. The van der Waals surface area contributed by atoms with Crippen molar-refractivity contribution in [1.82, 2.24) is 5.32 Å². The highest BCUT2D eigenvalue weighted by Gasteiger charge is 2.30. The fourth-order valence-corrected chi connectivity index (χ4v) is 2.83. The minimum atomic E-state index is -0.180. The molecule has 0 saturated heterocycles. The van der Waals surface area contributed by atoms with Crippen LogP contribution in [0.25, 0.3) is 0 Å². The zero-order chi connectivity index (χ0) is 16.0. The fraction of sp³-hybridized carbons (Fsp3) is 0.400. The molecule has 1 N–H and O–H groups in total. The maximum atomic E-state index is 13.2. The van der Waals surface area contributed by atoms with Crippen LogP contribution < -0.4 is 5.32 Å². The number of halogens is 1. The van der Waals surface area contributed by atoms with E-state index in [2.05, 4.69) is 50.4 Å². The van der Waals surface area contributed by atoms with Crippen molar-refractivity contribution in [3.63, 3.8) is 0 Å². The fourth-order valence-electron chi connectivity index (χ4n) is 2.83. The number of hydrogen-bond donors (Lipinski definition) is 1. The van der Waals surface area contributed by atoms with Crippen molar-refractivity contribution in [2.75, 3.05) is 6.54 Å². The molecule has 1 nitrogen and oxygen atoms in total. The minimum Gasteiger partial charge on any atom is -0.313 e. The Morgan fingerprint density at radius 2 is 1.64 bits per heavy atom. The van der Waals surface area contributed by atoms with Crippen molar-refractivity contribution in [2.24, 2.45) is 0 Å². The summed E-state index contributed by atoms with van der Waals surface area (Å²) in [5, 5.41) is 3.68. The van der Waals surface area contributed by atoms with Crippen molar-refractivity contribution in [3.05, 3.63) is 71.5 Å². The van der Waals surface area contributed by atoms with E-state index in [1.165, 1.54) is 11.1 Å². The first kappa shape index (κ1) is 16.7. The zero-order valence-corrected chi connectivity index (χ0v) is 13.8. The van der Waals surface area contributed by atoms with Gasteiger partial charge in [0.2, 0.25) is 0 Å². The van der Waals surface area contributed by atoms with E-state index in [-0.39, 0.29) is 11.2 Å². The summed E-state index contributed by atoms with van der Waals surface area (Å²) < 4.78 is 13.2. The minimum absolute atomic E-state index is 0.0707. The van der Waals surface area contributed by atoms with Crippen LogP contribution in [0.2, 0.25) is 0 Å². The molecule has 0 bridgehead atoms. The molecule has 0 aliphatic heterocycles. The van der Waals surface area contributed by atoms with Gasteiger partial charge in [0.05, 0.1) is 0 Å². The van der Waals surface area contributed by atoms with Gasteiger partial charge in [-0.15, -0.1) is 0 Å². The van der Waals surface area contributed by atoms with Crippen molar-refractivity contribution < 1.29 is 4.39 Å². The van der Waals surface area contributed by atoms with E-state index in [0.29, 0.717) is 6.04 Å². The highest BCUT2D eigenvalue weighted by molar-refractivity contribution is 5.28. The third-order valence-corrected chi connectivity index (χ3v) is 4.38. The van der Waals surface area contributed by atoms with Gasteiger partial charge >= 0.3 is 0 Å². The predicted octanol–water partition coefficient (Wildman–Crippen LogP) is 4.71. The average Bonchev–Trinajstić information content (AvgIpc) is 2.52. The number of nitrogens with one attached hydrogen (secondary N) is 1. The van der Waals surface area contributed by atoms with Crippen molar-refractivity contribution in [3.8, 4) is 0 Å². The number of hydrogen-bond acceptors (Lipinski definition) is 1. The van der Waals surface area contributed by atoms with Crippen LogP contribution in [0.15, 0.2) is 54.6 Å². The van der Waals surface area contributed by atoms with E-state index in [1.807, 2.05) is 18.2 Å². The van der Waals surface area contributed by atoms with Gasteiger partial charge in [0, 0.05) is 11.5 Å². The summed E-state index contributed by atoms with van der Waals surface area (Å²) in [5.74, 6) is -0.180. The Balaban J connectivity index is 2.24. The standard InChI is InChI=1S/C20H26FN/c1-4-14-22-19(15-16-8-6-5-7-9-16)20(2,3)17-10-12-18(21)13-11-17/h5-13,19,22H,4,14-15H2,1-3H3. The zero-order valence-electron chi connectivity index (χ0n) is 13.8. The van der Waals surface area contributed by atoms with E-state index in [0.717, 1.165) is 19.4 Å². The lowest BCUT2D eigenvalue weighted by Gasteiger charge is -2.36. The molecule has 0 aliphatic carbocycles. The first-order valence-corrected chi connectivity index (χ1v) is 8.07. The molecular formula is C20H26FN. The molecule has 0 heterocycles. The SMILES string of the molecule is CCCNC(Cc1ccccc1)C(C)(C)c1ccc(F)cc1. The monoisotopic (exact) mass is 299 g/mol. The van der Waals surface area contributed by atoms with Gasteiger partial charge in [0.1, 0.15) is 5.82 Å². The smallest absolute Gasteiger partial charge is 0.123 e. The Morgan fingerprint density at radius 1 is 1.00 bits per heavy atom. The normalized spacial score (nSPS) is 13.1. The molecule has 118 valence electrons. The van der Waals surface area contributed by atoms with Crippen LogP contribution >= 0.6 is 0 Å². The molecular weight excluding hydrogens is 273 g/mol. The highest BCUT2D eigenvalue weighted by Crippen LogP contribution is 2.29. The topological polar surface area (TPSA) is 12.0 Å². The number of rotatable bonds is 7. The summed E-state index contributed by atoms with van der Waals surface area (Å²) in [7, 11) is 0. The molecule has 0 spiro atoms. The summed E-state index contributed by atoms with van der Waals surface area (Å²) in [4.78, 5) is 0. The molecule has 1 atom stereocenters. The molecule has 0 fully saturated rings. The van der Waals surface area contributed by atoms with Crippen molar-refractivity contribution in [1.29, 1.82) is 0 Å². The summed E-state index contributed by atoms with van der Waals surface area (Å²) in [5.41, 5.74) is 2.42. The van der Waals surface area contributed by atoms with Crippen molar-refractivity contribution in [2.45, 2.75) is 45.1 Å². The van der Waals surface area contributed by atoms with Gasteiger partial charge in [-0.3, -0.25) is 0 Å². The largest absolute Gasteiger partial charge is 0.313 e. The van der Waals surface area contributed by atoms with Crippen LogP contribution in [0.4, 0.5) is 4.39 Å². The molecule has 22 heavy (non-hydrogen) atoms. The first-order chi connectivity index (χ1) is 10.5. The van der Waals surface area contributed by atoms with E-state index in [1.54, 1.807) is 12.1 Å². The van der Waals surface area contributed by atoms with Crippen LogP contribution in [0, 0.1) is 5.82 Å². The molecule has 0 aliphatic rings. The molecule has 0 amide bonds. The van der Waals surface area contributed by atoms with Gasteiger partial charge in [0.25, 0.3) is 0 Å². The molecule has 2 heteroatoms. The molecule has 2 rings (SSSR count). The lowest BCUT2D eigenvalue weighted by molar-refractivity contribution is 0.337. The van der Waals surface area contributed by atoms with Crippen LogP contribution in [-0.2, 0) is 11.8 Å². The molecule has 0 aromatic heterocycles. The maximum Gasteiger partial charge on any atom is 0.123 e. The number of benzene rings is 2. The summed E-state index contributed by atoms with van der Waals surface area (Å²) in [6.45, 7) is 7.63. The van der Waals surface area contributed by atoms with Gasteiger partial charge in [-0.2, -0.15) is 0 Å². The maximum absolute atomic E-state index is 13.2. The second kappa shape index (κ2) is 7.55. The summed E-state index contributed by atoms with van der Waals surface area (Å²) >= 11 is 0. The summed E-state index contributed by atoms with van der Waals surface area (Å²) in [6, 6.07) is 17.8.